The fourth-order valence-electron chi connectivity index (χ4n) is 5.15. The summed E-state index contributed by atoms with van der Waals surface area (Å²) in [6.45, 7) is 3.67. The summed E-state index contributed by atoms with van der Waals surface area (Å²) >= 11 is 0. The molecule has 0 radical (unpaired) electrons. The van der Waals surface area contributed by atoms with Crippen LogP contribution < -0.4 is 26.1 Å². The van der Waals surface area contributed by atoms with Crippen molar-refractivity contribution >= 4 is 28.5 Å². The number of methoxy groups -OCH3 is 1. The number of carbonyl (C=O) groups excluding carboxylic acids is 1. The minimum Gasteiger partial charge on any atom is -0.497 e. The van der Waals surface area contributed by atoms with Gasteiger partial charge in [-0.25, -0.2) is 9.07 Å². The number of pyridine rings is 1. The van der Waals surface area contributed by atoms with E-state index in [-0.39, 0.29) is 35.9 Å². The summed E-state index contributed by atoms with van der Waals surface area (Å²) in [6, 6.07) is 18.5. The number of carbonyl (C=O) groups is 2. The van der Waals surface area contributed by atoms with E-state index < -0.39 is 29.3 Å². The summed E-state index contributed by atoms with van der Waals surface area (Å²) in [5, 5.41) is 12.5. The molecule has 1 amide bonds. The smallest absolute Gasteiger partial charge is 0.320 e. The Kier molecular flexibility index (Phi) is 8.96. The van der Waals surface area contributed by atoms with Crippen LogP contribution in [0.2, 0.25) is 0 Å². The molecular weight excluding hydrogens is 581 g/mol. The monoisotopic (exact) mass is 613 g/mol. The standard InChI is InChI=1S/C33H32FN5O6/c1-19(15-26(35)33(42)43)18-38-20(2)30(32(41)39(38)22-7-5-4-6-8-22)31(40)37-21-9-12-29(25(34)16-21)45-28-13-14-36-27-17-23(44-3)10-11-24(27)28/h4-14,16-17,19,26H,15,18,35H2,1-3H3,(H,37,40)(H,42,43)/t19-,26?/m0/s1. The van der Waals surface area contributed by atoms with Crippen LogP contribution in [-0.4, -0.2) is 44.5 Å². The summed E-state index contributed by atoms with van der Waals surface area (Å²) in [7, 11) is 1.55. The number of halogens is 1. The quantitative estimate of drug-likeness (QED) is 0.186. The maximum absolute atomic E-state index is 15.2. The molecule has 232 valence electrons. The highest BCUT2D eigenvalue weighted by molar-refractivity contribution is 6.05. The Labute approximate surface area is 257 Å². The number of rotatable bonds is 11. The largest absolute Gasteiger partial charge is 0.497 e. The van der Waals surface area contributed by atoms with Gasteiger partial charge >= 0.3 is 5.97 Å². The molecule has 11 nitrogen and oxygen atoms in total. The molecule has 0 aliphatic rings. The van der Waals surface area contributed by atoms with Crippen LogP contribution in [0.5, 0.6) is 17.2 Å². The van der Waals surface area contributed by atoms with Crippen molar-refractivity contribution < 1.29 is 28.6 Å². The average molecular weight is 614 g/mol. The third-order valence-electron chi connectivity index (χ3n) is 7.40. The summed E-state index contributed by atoms with van der Waals surface area (Å²) in [5.74, 6) is -1.88. The zero-order valence-corrected chi connectivity index (χ0v) is 24.9. The minimum absolute atomic E-state index is 0.0707. The number of amides is 1. The molecule has 2 aromatic heterocycles. The number of nitrogens with two attached hydrogens (primary N) is 1. The van der Waals surface area contributed by atoms with Crippen LogP contribution in [-0.2, 0) is 11.3 Å². The van der Waals surface area contributed by atoms with Gasteiger partial charge in [0, 0.05) is 35.9 Å². The number of nitrogens with zero attached hydrogens (tertiary/aromatic N) is 3. The lowest BCUT2D eigenvalue weighted by Crippen LogP contribution is -2.33. The number of aromatic nitrogens is 3. The number of carboxylic acid groups (broad SMARTS) is 1. The van der Waals surface area contributed by atoms with E-state index in [2.05, 4.69) is 10.3 Å². The zero-order valence-electron chi connectivity index (χ0n) is 24.9. The molecular formula is C33H32FN5O6. The molecule has 2 atom stereocenters. The van der Waals surface area contributed by atoms with Gasteiger partial charge in [0.25, 0.3) is 11.5 Å². The van der Waals surface area contributed by atoms with Crippen LogP contribution in [0.1, 0.15) is 29.4 Å². The molecule has 0 aliphatic carbocycles. The number of hydrogen-bond acceptors (Lipinski definition) is 7. The van der Waals surface area contributed by atoms with E-state index in [0.29, 0.717) is 33.8 Å². The third kappa shape index (κ3) is 6.55. The number of ether oxygens (including phenoxy) is 2. The molecule has 0 aliphatic heterocycles. The molecule has 3 aromatic carbocycles. The lowest BCUT2D eigenvalue weighted by molar-refractivity contribution is -0.138. The van der Waals surface area contributed by atoms with Crippen LogP contribution in [0, 0.1) is 18.7 Å². The Morgan fingerprint density at radius 2 is 1.82 bits per heavy atom. The van der Waals surface area contributed by atoms with Crippen molar-refractivity contribution in [3.8, 4) is 22.9 Å². The third-order valence-corrected chi connectivity index (χ3v) is 7.40. The molecule has 2 heterocycles. The van der Waals surface area contributed by atoms with Gasteiger partial charge in [-0.3, -0.25) is 24.0 Å². The van der Waals surface area contributed by atoms with Crippen LogP contribution in [0.25, 0.3) is 16.6 Å². The van der Waals surface area contributed by atoms with Crippen LogP contribution in [0.15, 0.2) is 83.8 Å². The Morgan fingerprint density at radius 1 is 1.07 bits per heavy atom. The molecule has 0 spiro atoms. The highest BCUT2D eigenvalue weighted by atomic mass is 19.1. The molecule has 5 rings (SSSR count). The normalized spacial score (nSPS) is 12.5. The van der Waals surface area contributed by atoms with Crippen molar-refractivity contribution in [2.45, 2.75) is 32.9 Å². The average Bonchev–Trinajstić information content (AvgIpc) is 3.26. The van der Waals surface area contributed by atoms with Gasteiger partial charge in [-0.2, -0.15) is 0 Å². The first-order valence-electron chi connectivity index (χ1n) is 14.1. The second-order valence-corrected chi connectivity index (χ2v) is 10.7. The SMILES string of the molecule is COc1ccc2c(Oc3ccc(NC(=O)c4c(C)n(C[C@@H](C)CC(N)C(=O)O)n(-c5ccccc5)c4=O)cc3F)ccnc2c1. The first-order valence-corrected chi connectivity index (χ1v) is 14.1. The minimum atomic E-state index is -1.12. The second kappa shape index (κ2) is 13.0. The van der Waals surface area contributed by atoms with Crippen molar-refractivity contribution in [2.24, 2.45) is 11.7 Å². The first-order chi connectivity index (χ1) is 21.6. The van der Waals surface area contributed by atoms with Crippen molar-refractivity contribution in [1.29, 1.82) is 0 Å². The fraction of sp³-hybridized carbons (Fsp3) is 0.212. The molecule has 4 N–H and O–H groups in total. The first kappa shape index (κ1) is 31.0. The van der Waals surface area contributed by atoms with Gasteiger partial charge in [-0.15, -0.1) is 0 Å². The van der Waals surface area contributed by atoms with Crippen molar-refractivity contribution in [2.75, 3.05) is 12.4 Å². The number of aliphatic carboxylic acids is 1. The lowest BCUT2D eigenvalue weighted by Gasteiger charge is -2.19. The van der Waals surface area contributed by atoms with Gasteiger partial charge in [-0.1, -0.05) is 25.1 Å². The van der Waals surface area contributed by atoms with Crippen molar-refractivity contribution in [3.63, 3.8) is 0 Å². The predicted octanol–water partition coefficient (Wildman–Crippen LogP) is 5.13. The molecule has 0 saturated carbocycles. The van der Waals surface area contributed by atoms with E-state index in [9.17, 15) is 19.5 Å². The molecule has 45 heavy (non-hydrogen) atoms. The van der Waals surface area contributed by atoms with E-state index in [1.54, 1.807) is 79.5 Å². The maximum Gasteiger partial charge on any atom is 0.320 e. The van der Waals surface area contributed by atoms with Crippen LogP contribution >= 0.6 is 0 Å². The molecule has 12 heteroatoms. The Balaban J connectivity index is 1.41. The number of anilines is 1. The van der Waals surface area contributed by atoms with Gasteiger partial charge in [-0.05, 0) is 61.7 Å². The summed E-state index contributed by atoms with van der Waals surface area (Å²) in [4.78, 5) is 42.8. The summed E-state index contributed by atoms with van der Waals surface area (Å²) in [6.07, 6.45) is 1.70. The van der Waals surface area contributed by atoms with Crippen LogP contribution in [0.3, 0.4) is 0 Å². The predicted molar refractivity (Wildman–Crippen MR) is 167 cm³/mol. The Hall–Kier alpha value is -5.49. The number of carboxylic acids is 1. The fourth-order valence-corrected chi connectivity index (χ4v) is 5.15. The number of para-hydroxylation sites is 1. The molecule has 0 bridgehead atoms. The topological polar surface area (TPSA) is 151 Å². The number of benzene rings is 3. The van der Waals surface area contributed by atoms with Gasteiger partial charge < -0.3 is 25.6 Å². The molecule has 5 aromatic rings. The highest BCUT2D eigenvalue weighted by Gasteiger charge is 2.26. The van der Waals surface area contributed by atoms with Crippen LogP contribution in [0.4, 0.5) is 10.1 Å². The molecule has 0 saturated heterocycles. The van der Waals surface area contributed by atoms with E-state index in [0.717, 1.165) is 6.07 Å². The summed E-state index contributed by atoms with van der Waals surface area (Å²) < 4.78 is 29.3. The Morgan fingerprint density at radius 3 is 2.51 bits per heavy atom. The lowest BCUT2D eigenvalue weighted by atomic mass is 10.0. The summed E-state index contributed by atoms with van der Waals surface area (Å²) in [5.41, 5.74) is 6.64. The molecule has 0 fully saturated rings. The number of nitrogens with one attached hydrogen (secondary N) is 1. The van der Waals surface area contributed by atoms with E-state index in [1.807, 2.05) is 6.92 Å². The van der Waals surface area contributed by atoms with Crippen molar-refractivity contribution in [3.05, 3.63) is 106 Å². The molecule has 1 unspecified atom stereocenters. The highest BCUT2D eigenvalue weighted by Crippen LogP contribution is 2.33. The van der Waals surface area contributed by atoms with E-state index >= 15 is 4.39 Å². The number of fused-ring (bicyclic) bond motifs is 1. The van der Waals surface area contributed by atoms with E-state index in [1.165, 1.54) is 16.8 Å². The second-order valence-electron chi connectivity index (χ2n) is 10.7. The van der Waals surface area contributed by atoms with Crippen molar-refractivity contribution in [1.82, 2.24) is 14.3 Å². The van der Waals surface area contributed by atoms with Gasteiger partial charge in [0.2, 0.25) is 0 Å². The Bertz CT molecular complexity index is 1940. The van der Waals surface area contributed by atoms with E-state index in [4.69, 9.17) is 15.2 Å². The maximum atomic E-state index is 15.2. The van der Waals surface area contributed by atoms with Gasteiger partial charge in [0.1, 0.15) is 23.1 Å². The number of hydrogen-bond donors (Lipinski definition) is 3. The van der Waals surface area contributed by atoms with Gasteiger partial charge in [0.15, 0.2) is 11.6 Å². The van der Waals surface area contributed by atoms with Gasteiger partial charge in [0.05, 0.1) is 24.0 Å². The zero-order chi connectivity index (χ0) is 32.2.